The van der Waals surface area contributed by atoms with E-state index in [1.165, 1.54) is 0 Å². The standard InChI is InChI=1S/C16H12F3N3O/c1-10-13(6-7-14-20-8-9-22(10)14)21-15(23)11-2-4-12(5-3-11)16(17,18)19/h2-9H,1H3,(H,21,23). The fourth-order valence-electron chi connectivity index (χ4n) is 2.27. The number of nitrogens with one attached hydrogen (secondary N) is 1. The fraction of sp³-hybridized carbons (Fsp3) is 0.125. The van der Waals surface area contributed by atoms with E-state index in [-0.39, 0.29) is 5.56 Å². The number of pyridine rings is 1. The number of anilines is 1. The number of fused-ring (bicyclic) bond motifs is 1. The second kappa shape index (κ2) is 5.42. The van der Waals surface area contributed by atoms with Crippen LogP contribution in [0, 0.1) is 6.92 Å². The maximum atomic E-state index is 12.5. The van der Waals surface area contributed by atoms with Crippen molar-refractivity contribution in [3.8, 4) is 0 Å². The van der Waals surface area contributed by atoms with Gasteiger partial charge in [-0.25, -0.2) is 4.98 Å². The summed E-state index contributed by atoms with van der Waals surface area (Å²) in [7, 11) is 0. The van der Waals surface area contributed by atoms with E-state index in [1.54, 1.807) is 24.5 Å². The highest BCUT2D eigenvalue weighted by Crippen LogP contribution is 2.29. The Bertz CT molecular complexity index is 866. The third-order valence-corrected chi connectivity index (χ3v) is 3.54. The highest BCUT2D eigenvalue weighted by Gasteiger charge is 2.30. The van der Waals surface area contributed by atoms with Gasteiger partial charge in [0, 0.05) is 23.7 Å². The zero-order chi connectivity index (χ0) is 16.6. The van der Waals surface area contributed by atoms with E-state index in [0.717, 1.165) is 35.6 Å². The Labute approximate surface area is 129 Å². The molecule has 0 aliphatic carbocycles. The molecular weight excluding hydrogens is 307 g/mol. The number of benzene rings is 1. The topological polar surface area (TPSA) is 46.4 Å². The maximum Gasteiger partial charge on any atom is 0.416 e. The van der Waals surface area contributed by atoms with Gasteiger partial charge in [-0.05, 0) is 43.3 Å². The summed E-state index contributed by atoms with van der Waals surface area (Å²) in [6.45, 7) is 1.82. The van der Waals surface area contributed by atoms with E-state index in [4.69, 9.17) is 0 Å². The number of amides is 1. The molecule has 23 heavy (non-hydrogen) atoms. The Hall–Kier alpha value is -2.83. The van der Waals surface area contributed by atoms with Crippen LogP contribution in [0.3, 0.4) is 0 Å². The second-order valence-electron chi connectivity index (χ2n) is 5.02. The van der Waals surface area contributed by atoms with Gasteiger partial charge in [-0.15, -0.1) is 0 Å². The number of hydrogen-bond donors (Lipinski definition) is 1. The van der Waals surface area contributed by atoms with Crippen molar-refractivity contribution in [2.24, 2.45) is 0 Å². The number of hydrogen-bond acceptors (Lipinski definition) is 2. The quantitative estimate of drug-likeness (QED) is 0.778. The number of aryl methyl sites for hydroxylation is 1. The molecule has 3 aromatic rings. The third kappa shape index (κ3) is 2.90. The molecule has 0 saturated heterocycles. The summed E-state index contributed by atoms with van der Waals surface area (Å²) >= 11 is 0. The first kappa shape index (κ1) is 15.1. The first-order valence-electron chi connectivity index (χ1n) is 6.77. The van der Waals surface area contributed by atoms with Crippen LogP contribution < -0.4 is 5.32 Å². The van der Waals surface area contributed by atoms with Gasteiger partial charge in [0.1, 0.15) is 5.65 Å². The van der Waals surface area contributed by atoms with Crippen LogP contribution in [0.2, 0.25) is 0 Å². The summed E-state index contributed by atoms with van der Waals surface area (Å²) in [5, 5.41) is 2.70. The van der Waals surface area contributed by atoms with Gasteiger partial charge in [-0.2, -0.15) is 13.2 Å². The van der Waals surface area contributed by atoms with Crippen LogP contribution >= 0.6 is 0 Å². The van der Waals surface area contributed by atoms with Gasteiger partial charge in [0.25, 0.3) is 5.91 Å². The number of carbonyl (C=O) groups excluding carboxylic acids is 1. The van der Waals surface area contributed by atoms with Crippen molar-refractivity contribution in [1.82, 2.24) is 9.38 Å². The van der Waals surface area contributed by atoms with Gasteiger partial charge in [0.05, 0.1) is 11.3 Å². The fourth-order valence-corrected chi connectivity index (χ4v) is 2.27. The van der Waals surface area contributed by atoms with Crippen LogP contribution in [0.5, 0.6) is 0 Å². The van der Waals surface area contributed by atoms with E-state index in [0.29, 0.717) is 5.69 Å². The monoisotopic (exact) mass is 319 g/mol. The minimum atomic E-state index is -4.42. The molecule has 7 heteroatoms. The van der Waals surface area contributed by atoms with Crippen molar-refractivity contribution in [1.29, 1.82) is 0 Å². The summed E-state index contributed by atoms with van der Waals surface area (Å²) in [5.41, 5.74) is 1.46. The maximum absolute atomic E-state index is 12.5. The van der Waals surface area contributed by atoms with Crippen LogP contribution in [-0.2, 0) is 6.18 Å². The molecule has 1 amide bonds. The lowest BCUT2D eigenvalue weighted by atomic mass is 10.1. The molecule has 0 atom stereocenters. The number of alkyl halides is 3. The molecule has 2 aromatic heterocycles. The van der Waals surface area contributed by atoms with Gasteiger partial charge < -0.3 is 9.72 Å². The van der Waals surface area contributed by atoms with E-state index in [9.17, 15) is 18.0 Å². The van der Waals surface area contributed by atoms with Crippen LogP contribution in [0.1, 0.15) is 21.6 Å². The van der Waals surface area contributed by atoms with E-state index < -0.39 is 17.6 Å². The minimum Gasteiger partial charge on any atom is -0.320 e. The molecule has 0 spiro atoms. The Kier molecular flexibility index (Phi) is 3.55. The summed E-state index contributed by atoms with van der Waals surface area (Å²) in [4.78, 5) is 16.3. The van der Waals surface area contributed by atoms with Crippen molar-refractivity contribution >= 4 is 17.2 Å². The van der Waals surface area contributed by atoms with E-state index in [2.05, 4.69) is 10.3 Å². The molecule has 0 aliphatic rings. The van der Waals surface area contributed by atoms with E-state index in [1.807, 2.05) is 11.3 Å². The molecule has 0 fully saturated rings. The lowest BCUT2D eigenvalue weighted by Crippen LogP contribution is -2.14. The molecule has 1 N–H and O–H groups in total. The first-order valence-corrected chi connectivity index (χ1v) is 6.77. The van der Waals surface area contributed by atoms with Crippen molar-refractivity contribution < 1.29 is 18.0 Å². The molecule has 0 unspecified atom stereocenters. The molecular formula is C16H12F3N3O. The molecule has 4 nitrogen and oxygen atoms in total. The highest BCUT2D eigenvalue weighted by atomic mass is 19.4. The van der Waals surface area contributed by atoms with Crippen LogP contribution in [0.25, 0.3) is 5.65 Å². The smallest absolute Gasteiger partial charge is 0.320 e. The van der Waals surface area contributed by atoms with Crippen molar-refractivity contribution in [2.45, 2.75) is 13.1 Å². The first-order chi connectivity index (χ1) is 10.9. The van der Waals surface area contributed by atoms with Gasteiger partial charge in [-0.1, -0.05) is 0 Å². The number of rotatable bonds is 2. The lowest BCUT2D eigenvalue weighted by molar-refractivity contribution is -0.137. The zero-order valence-corrected chi connectivity index (χ0v) is 12.1. The summed E-state index contributed by atoms with van der Waals surface area (Å²) < 4.78 is 39.4. The second-order valence-corrected chi connectivity index (χ2v) is 5.02. The van der Waals surface area contributed by atoms with Gasteiger partial charge >= 0.3 is 6.18 Å². The third-order valence-electron chi connectivity index (χ3n) is 3.54. The predicted octanol–water partition coefficient (Wildman–Crippen LogP) is 3.91. The summed E-state index contributed by atoms with van der Waals surface area (Å²) in [6, 6.07) is 7.54. The zero-order valence-electron chi connectivity index (χ0n) is 12.1. The van der Waals surface area contributed by atoms with Gasteiger partial charge in [0.2, 0.25) is 0 Å². The van der Waals surface area contributed by atoms with Crippen LogP contribution in [0.15, 0.2) is 48.8 Å². The Morgan fingerprint density at radius 2 is 1.83 bits per heavy atom. The number of nitrogens with zero attached hydrogens (tertiary/aromatic N) is 2. The molecule has 118 valence electrons. The highest BCUT2D eigenvalue weighted by molar-refractivity contribution is 6.04. The van der Waals surface area contributed by atoms with Gasteiger partial charge in [-0.3, -0.25) is 4.79 Å². The largest absolute Gasteiger partial charge is 0.416 e. The molecule has 0 aliphatic heterocycles. The molecule has 3 rings (SSSR count). The lowest BCUT2D eigenvalue weighted by Gasteiger charge is -2.11. The molecule has 0 radical (unpaired) electrons. The Morgan fingerprint density at radius 3 is 2.48 bits per heavy atom. The number of imidazole rings is 1. The Morgan fingerprint density at radius 1 is 1.13 bits per heavy atom. The Balaban J connectivity index is 1.84. The van der Waals surface area contributed by atoms with Crippen molar-refractivity contribution in [3.63, 3.8) is 0 Å². The van der Waals surface area contributed by atoms with Crippen LogP contribution in [0.4, 0.5) is 18.9 Å². The molecule has 0 bridgehead atoms. The average molecular weight is 319 g/mol. The average Bonchev–Trinajstić information content (AvgIpc) is 2.98. The molecule has 2 heterocycles. The minimum absolute atomic E-state index is 0.156. The molecule has 0 saturated carbocycles. The molecule has 1 aromatic carbocycles. The SMILES string of the molecule is Cc1c(NC(=O)c2ccc(C(F)(F)F)cc2)ccc2nccn12. The summed E-state index contributed by atoms with van der Waals surface area (Å²) in [5.74, 6) is -0.471. The summed E-state index contributed by atoms with van der Waals surface area (Å²) in [6.07, 6.45) is -1.01. The normalized spacial score (nSPS) is 11.7. The number of halogens is 3. The van der Waals surface area contributed by atoms with E-state index >= 15 is 0 Å². The van der Waals surface area contributed by atoms with Crippen molar-refractivity contribution in [3.05, 3.63) is 65.6 Å². The van der Waals surface area contributed by atoms with Gasteiger partial charge in [0.15, 0.2) is 0 Å². The number of aromatic nitrogens is 2. The predicted molar refractivity (Wildman–Crippen MR) is 79.3 cm³/mol. The van der Waals surface area contributed by atoms with Crippen molar-refractivity contribution in [2.75, 3.05) is 5.32 Å². The number of carbonyl (C=O) groups is 1. The van der Waals surface area contributed by atoms with Crippen LogP contribution in [-0.4, -0.2) is 15.3 Å².